The average molecular weight is 634 g/mol. The molecule has 3 aromatic rings. The van der Waals surface area contributed by atoms with Gasteiger partial charge in [0.15, 0.2) is 5.75 Å². The number of hydrogen-bond acceptors (Lipinski definition) is 7. The van der Waals surface area contributed by atoms with Gasteiger partial charge in [0.05, 0.1) is 19.1 Å². The predicted octanol–water partition coefficient (Wildman–Crippen LogP) is 5.89. The number of carbonyl (C=O) groups excluding carboxylic acids is 3. The lowest BCUT2D eigenvalue weighted by atomic mass is 9.83. The molecule has 9 nitrogen and oxygen atoms in total. The fourth-order valence-corrected chi connectivity index (χ4v) is 7.42. The third kappa shape index (κ3) is 8.02. The first-order valence-electron chi connectivity index (χ1n) is 17.4. The molecule has 10 heteroatoms. The van der Waals surface area contributed by atoms with E-state index in [1.165, 1.54) is 16.2 Å². The van der Waals surface area contributed by atoms with Crippen LogP contribution in [0, 0.1) is 5.89 Å². The van der Waals surface area contributed by atoms with Crippen LogP contribution in [0.25, 0.3) is 10.9 Å². The lowest BCUT2D eigenvalue weighted by molar-refractivity contribution is -0.145. The number of para-hydroxylation sites is 1. The van der Waals surface area contributed by atoms with Gasteiger partial charge >= 0.3 is 6.09 Å². The Bertz CT molecular complexity index is 1510. The van der Waals surface area contributed by atoms with Crippen LogP contribution in [0.5, 0.6) is 5.75 Å². The molecule has 0 bridgehead atoms. The molecule has 0 unspecified atom stereocenters. The van der Waals surface area contributed by atoms with Gasteiger partial charge in [0, 0.05) is 38.3 Å². The maximum atomic E-state index is 14.6. The molecule has 45 heavy (non-hydrogen) atoms. The van der Waals surface area contributed by atoms with Gasteiger partial charge in [0.1, 0.15) is 11.6 Å². The van der Waals surface area contributed by atoms with Crippen molar-refractivity contribution in [2.75, 3.05) is 19.6 Å². The molecule has 0 radical (unpaired) electrons. The van der Waals surface area contributed by atoms with Gasteiger partial charge < -0.3 is 25.2 Å². The summed E-state index contributed by atoms with van der Waals surface area (Å²) in [7, 11) is 0. The minimum absolute atomic E-state index is 0.0379. The number of hydrogen-bond donors (Lipinski definition) is 2. The molecule has 2 aromatic heterocycles. The van der Waals surface area contributed by atoms with Crippen molar-refractivity contribution in [3.63, 3.8) is 0 Å². The van der Waals surface area contributed by atoms with E-state index >= 15 is 0 Å². The molecule has 240 valence electrons. The Balaban J connectivity index is 1.23. The number of carbonyl (C=O) groups is 3. The average Bonchev–Trinajstić information content (AvgIpc) is 3.61. The van der Waals surface area contributed by atoms with Gasteiger partial charge in [-0.1, -0.05) is 75.6 Å². The number of piperazine rings is 1. The number of rotatable bonds is 9. The molecule has 3 amide bonds. The highest BCUT2D eigenvalue weighted by Crippen LogP contribution is 2.30. The van der Waals surface area contributed by atoms with Gasteiger partial charge in [0.2, 0.25) is 11.8 Å². The number of aromatic nitrogens is 1. The Morgan fingerprint density at radius 2 is 1.76 bits per heavy atom. The predicted molar refractivity (Wildman–Crippen MR) is 176 cm³/mol. The zero-order valence-electron chi connectivity index (χ0n) is 27.8. The van der Waals surface area contributed by atoms with Crippen molar-refractivity contribution in [3.8, 4) is 5.75 Å². The molecule has 3 fully saturated rings. The van der Waals surface area contributed by atoms with Gasteiger partial charge in [-0.2, -0.15) is 0 Å². The molecule has 2 aliphatic carbocycles. The molecule has 1 saturated heterocycles. The fourth-order valence-electron chi connectivity index (χ4n) is 6.77. The van der Waals surface area contributed by atoms with E-state index in [9.17, 15) is 17.1 Å². The van der Waals surface area contributed by atoms with Crippen molar-refractivity contribution in [2.45, 2.75) is 95.3 Å². The van der Waals surface area contributed by atoms with Crippen molar-refractivity contribution in [1.82, 2.24) is 25.4 Å². The van der Waals surface area contributed by atoms with E-state index in [1.54, 1.807) is 23.2 Å². The minimum atomic E-state index is -0.959. The molecule has 2 N–H and O–H groups in total. The van der Waals surface area contributed by atoms with E-state index in [2.05, 4.69) is 15.6 Å². The van der Waals surface area contributed by atoms with Gasteiger partial charge in [-0.05, 0) is 48.7 Å². The van der Waals surface area contributed by atoms with Crippen LogP contribution in [0.2, 0.25) is 0 Å². The van der Waals surface area contributed by atoms with Crippen molar-refractivity contribution < 1.29 is 21.9 Å². The second-order valence-electron chi connectivity index (χ2n) is 12.4. The lowest BCUT2D eigenvalue weighted by Gasteiger charge is -2.42. The molecular weight excluding hydrogens is 586 g/mol. The van der Waals surface area contributed by atoms with E-state index in [1.807, 2.05) is 35.7 Å². The maximum Gasteiger partial charge on any atom is 0.415 e. The minimum Gasteiger partial charge on any atom is -0.408 e. The van der Waals surface area contributed by atoms with Gasteiger partial charge in [-0.25, -0.2) is 4.79 Å². The summed E-state index contributed by atoms with van der Waals surface area (Å²) in [5, 5.41) is 9.18. The summed E-state index contributed by atoms with van der Waals surface area (Å²) < 4.78 is 24.2. The monoisotopic (exact) mass is 633 g/mol. The summed E-state index contributed by atoms with van der Waals surface area (Å²) in [6, 6.07) is 10.3. The Labute approximate surface area is 272 Å². The molecular formula is C35H45N5O4S. The van der Waals surface area contributed by atoms with E-state index < -0.39 is 30.1 Å². The smallest absolute Gasteiger partial charge is 0.408 e. The number of thiophene rings is 1. The molecule has 3 heterocycles. The molecule has 1 aliphatic heterocycles. The SMILES string of the molecule is [2H]C1(C[C@H](NC2([2H])CCCCC2)C(=O)N2CCN(C(=O)Oc3cccc4cccnc34)C[C@H]2C(=O)NCc2cccs2)CCCCC1. The van der Waals surface area contributed by atoms with E-state index in [-0.39, 0.29) is 31.4 Å². The van der Waals surface area contributed by atoms with Crippen LogP contribution in [-0.4, -0.2) is 70.4 Å². The van der Waals surface area contributed by atoms with Crippen LogP contribution in [0.3, 0.4) is 0 Å². The second-order valence-corrected chi connectivity index (χ2v) is 13.4. The van der Waals surface area contributed by atoms with Crippen LogP contribution in [-0.2, 0) is 16.1 Å². The van der Waals surface area contributed by atoms with Crippen molar-refractivity contribution in [2.24, 2.45) is 5.89 Å². The topological polar surface area (TPSA) is 104 Å². The summed E-state index contributed by atoms with van der Waals surface area (Å²) in [6.07, 6.45) is 9.98. The normalized spacial score (nSPS) is 22.6. The Hall–Kier alpha value is -3.50. The molecule has 1 aromatic carbocycles. The number of nitrogens with zero attached hydrogens (tertiary/aromatic N) is 3. The quantitative estimate of drug-likeness (QED) is 0.305. The lowest BCUT2D eigenvalue weighted by Crippen LogP contribution is -2.64. The first kappa shape index (κ1) is 28.9. The van der Waals surface area contributed by atoms with E-state index in [0.717, 1.165) is 61.6 Å². The molecule has 2 atom stereocenters. The number of pyridine rings is 1. The summed E-state index contributed by atoms with van der Waals surface area (Å²) in [5.41, 5.74) is 0.565. The zero-order chi connectivity index (χ0) is 32.9. The van der Waals surface area contributed by atoms with Crippen LogP contribution in [0.1, 0.15) is 78.2 Å². The van der Waals surface area contributed by atoms with Crippen molar-refractivity contribution in [3.05, 3.63) is 58.9 Å². The van der Waals surface area contributed by atoms with Gasteiger partial charge in [-0.15, -0.1) is 11.3 Å². The Morgan fingerprint density at radius 1 is 0.978 bits per heavy atom. The van der Waals surface area contributed by atoms with Crippen LogP contribution < -0.4 is 15.4 Å². The van der Waals surface area contributed by atoms with Crippen LogP contribution in [0.4, 0.5) is 4.79 Å². The summed E-state index contributed by atoms with van der Waals surface area (Å²) in [4.78, 5) is 50.4. The Morgan fingerprint density at radius 3 is 2.53 bits per heavy atom. The highest BCUT2D eigenvalue weighted by molar-refractivity contribution is 7.09. The fraction of sp³-hybridized carbons (Fsp3) is 0.543. The molecule has 2 saturated carbocycles. The summed E-state index contributed by atoms with van der Waals surface area (Å²) in [5.74, 6) is -1.06. The Kier molecular flexibility index (Phi) is 9.77. The van der Waals surface area contributed by atoms with Crippen molar-refractivity contribution in [1.29, 1.82) is 0 Å². The summed E-state index contributed by atoms with van der Waals surface area (Å²) >= 11 is 1.53. The third-order valence-corrected chi connectivity index (χ3v) is 10.1. The number of ether oxygens (including phenoxy) is 1. The number of fused-ring (bicyclic) bond motifs is 1. The molecule has 6 rings (SSSR count). The number of benzene rings is 1. The maximum absolute atomic E-state index is 14.6. The standard InChI is InChI=1S/C35H45N5O4S/c41-33(37-23-28-16-9-21-45-28)30-24-39(35(43)44-31-17-7-12-26-13-8-18-36-32(26)31)19-20-40(30)34(42)29(22-25-10-3-1-4-11-25)38-27-14-5-2-6-15-27/h7-9,12-13,16-18,21,25,27,29-30,38H,1-6,10-11,14-15,19-20,22-24H2,(H,37,41)/t29-,30-/m0/s1/i25D,27D. The zero-order valence-corrected chi connectivity index (χ0v) is 26.7. The highest BCUT2D eigenvalue weighted by atomic mass is 32.1. The van der Waals surface area contributed by atoms with Gasteiger partial charge in [0.25, 0.3) is 0 Å². The van der Waals surface area contributed by atoms with Crippen molar-refractivity contribution >= 4 is 40.1 Å². The molecule has 0 spiro atoms. The second kappa shape index (κ2) is 15.2. The first-order valence-corrected chi connectivity index (χ1v) is 17.3. The number of amides is 3. The molecule has 3 aliphatic rings. The highest BCUT2D eigenvalue weighted by Gasteiger charge is 2.41. The largest absolute Gasteiger partial charge is 0.415 e. The number of nitrogens with one attached hydrogen (secondary N) is 2. The van der Waals surface area contributed by atoms with Gasteiger partial charge in [-0.3, -0.25) is 14.6 Å². The third-order valence-electron chi connectivity index (χ3n) is 9.22. The summed E-state index contributed by atoms with van der Waals surface area (Å²) in [6.45, 7) is 0.591. The van der Waals surface area contributed by atoms with Crippen LogP contribution in [0.15, 0.2) is 54.0 Å². The van der Waals surface area contributed by atoms with E-state index in [4.69, 9.17) is 4.74 Å². The first-order chi connectivity index (χ1) is 22.7. The van der Waals surface area contributed by atoms with E-state index in [0.29, 0.717) is 37.1 Å². The van der Waals surface area contributed by atoms with Crippen LogP contribution >= 0.6 is 11.3 Å².